The molecule has 0 fully saturated rings. The Morgan fingerprint density at radius 3 is 2.94 bits per heavy atom. The number of carbonyl (C=O) groups is 2. The molecule has 1 aromatic carbocycles. The Morgan fingerprint density at radius 2 is 2.29 bits per heavy atom. The minimum absolute atomic E-state index is 0.0269. The van der Waals surface area contributed by atoms with Crippen molar-refractivity contribution in [1.82, 2.24) is 4.90 Å². The fourth-order valence-corrected chi connectivity index (χ4v) is 2.44. The van der Waals surface area contributed by atoms with E-state index < -0.39 is 5.97 Å². The summed E-state index contributed by atoms with van der Waals surface area (Å²) in [6.45, 7) is 2.25. The van der Waals surface area contributed by atoms with Gasteiger partial charge in [-0.15, -0.1) is 0 Å². The van der Waals surface area contributed by atoms with Gasteiger partial charge < -0.3 is 10.0 Å². The molecule has 1 aliphatic heterocycles. The maximum atomic E-state index is 12.0. The van der Waals surface area contributed by atoms with Gasteiger partial charge in [-0.25, -0.2) is 0 Å². The summed E-state index contributed by atoms with van der Waals surface area (Å²) in [5.74, 6) is -0.969. The highest BCUT2D eigenvalue weighted by Crippen LogP contribution is 2.27. The number of hydrogen-bond donors (Lipinski definition) is 1. The van der Waals surface area contributed by atoms with E-state index >= 15 is 0 Å². The number of nitrogens with zero attached hydrogens (tertiary/aromatic N) is 1. The number of halogens is 1. The highest BCUT2D eigenvalue weighted by Gasteiger charge is 2.31. The van der Waals surface area contributed by atoms with Gasteiger partial charge in [-0.1, -0.05) is 15.9 Å². The molecule has 0 aliphatic carbocycles. The third kappa shape index (κ3) is 2.34. The van der Waals surface area contributed by atoms with Crippen LogP contribution in [0.2, 0.25) is 0 Å². The maximum absolute atomic E-state index is 12.0. The molecule has 1 heterocycles. The summed E-state index contributed by atoms with van der Waals surface area (Å²) in [6.07, 6.45) is -0.0269. The fraction of sp³-hybridized carbons (Fsp3) is 0.333. The zero-order valence-electron chi connectivity index (χ0n) is 9.31. The zero-order chi connectivity index (χ0) is 12.6. The fourth-order valence-electron chi connectivity index (χ4n) is 2.03. The predicted octanol–water partition coefficient (Wildman–Crippen LogP) is 2.27. The molecule has 1 amide bonds. The van der Waals surface area contributed by atoms with E-state index in [0.717, 1.165) is 10.0 Å². The van der Waals surface area contributed by atoms with Crippen LogP contribution in [0.25, 0.3) is 0 Å². The van der Waals surface area contributed by atoms with Crippen molar-refractivity contribution in [3.8, 4) is 0 Å². The molecule has 2 rings (SSSR count). The number of fused-ring (bicyclic) bond motifs is 1. The smallest absolute Gasteiger partial charge is 0.305 e. The summed E-state index contributed by atoms with van der Waals surface area (Å²) in [6, 6.07) is 5.21. The van der Waals surface area contributed by atoms with Crippen LogP contribution in [0.1, 0.15) is 29.3 Å². The molecule has 1 aromatic rings. The van der Waals surface area contributed by atoms with Crippen molar-refractivity contribution in [1.29, 1.82) is 0 Å². The molecule has 0 radical (unpaired) electrons. The van der Waals surface area contributed by atoms with Crippen LogP contribution in [-0.4, -0.2) is 27.9 Å². The lowest BCUT2D eigenvalue weighted by molar-refractivity contribution is -0.138. The van der Waals surface area contributed by atoms with Gasteiger partial charge in [-0.05, 0) is 30.7 Å². The molecule has 0 saturated heterocycles. The molecule has 1 unspecified atom stereocenters. The molecule has 1 atom stereocenters. The van der Waals surface area contributed by atoms with E-state index in [0.29, 0.717) is 12.1 Å². The first-order valence-corrected chi connectivity index (χ1v) is 6.09. The van der Waals surface area contributed by atoms with Gasteiger partial charge in [0.05, 0.1) is 6.42 Å². The average Bonchev–Trinajstić information content (AvgIpc) is 2.54. The minimum Gasteiger partial charge on any atom is -0.481 e. The van der Waals surface area contributed by atoms with E-state index in [2.05, 4.69) is 15.9 Å². The van der Waals surface area contributed by atoms with E-state index in [1.165, 1.54) is 0 Å². The van der Waals surface area contributed by atoms with Crippen LogP contribution in [-0.2, 0) is 11.3 Å². The second kappa shape index (κ2) is 4.49. The number of hydrogen-bond acceptors (Lipinski definition) is 2. The van der Waals surface area contributed by atoms with Crippen molar-refractivity contribution >= 4 is 27.8 Å². The molecule has 1 aliphatic rings. The van der Waals surface area contributed by atoms with Crippen LogP contribution >= 0.6 is 15.9 Å². The Hall–Kier alpha value is -1.36. The van der Waals surface area contributed by atoms with Crippen LogP contribution in [0.15, 0.2) is 22.7 Å². The average molecular weight is 298 g/mol. The van der Waals surface area contributed by atoms with Crippen LogP contribution in [0.5, 0.6) is 0 Å². The Kier molecular flexibility index (Phi) is 3.19. The largest absolute Gasteiger partial charge is 0.481 e. The molecular weight excluding hydrogens is 286 g/mol. The summed E-state index contributed by atoms with van der Waals surface area (Å²) < 4.78 is 0.928. The lowest BCUT2D eigenvalue weighted by Crippen LogP contribution is -2.34. The second-order valence-corrected chi connectivity index (χ2v) is 5.10. The molecule has 4 nitrogen and oxygen atoms in total. The molecule has 0 spiro atoms. The number of benzene rings is 1. The predicted molar refractivity (Wildman–Crippen MR) is 65.7 cm³/mol. The van der Waals surface area contributed by atoms with Crippen molar-refractivity contribution in [2.24, 2.45) is 0 Å². The molecule has 0 aromatic heterocycles. The highest BCUT2D eigenvalue weighted by molar-refractivity contribution is 9.10. The summed E-state index contributed by atoms with van der Waals surface area (Å²) >= 11 is 3.36. The van der Waals surface area contributed by atoms with Gasteiger partial charge >= 0.3 is 5.97 Å². The van der Waals surface area contributed by atoms with Gasteiger partial charge in [-0.3, -0.25) is 9.59 Å². The number of amides is 1. The Bertz CT molecular complexity index is 487. The first-order valence-electron chi connectivity index (χ1n) is 5.30. The normalized spacial score (nSPS) is 15.9. The topological polar surface area (TPSA) is 57.6 Å². The van der Waals surface area contributed by atoms with E-state index in [1.807, 2.05) is 12.1 Å². The Labute approximate surface area is 107 Å². The first kappa shape index (κ1) is 12.1. The van der Waals surface area contributed by atoms with Gasteiger partial charge in [0.1, 0.15) is 0 Å². The maximum Gasteiger partial charge on any atom is 0.305 e. The summed E-state index contributed by atoms with van der Waals surface area (Å²) in [5.41, 5.74) is 1.62. The monoisotopic (exact) mass is 297 g/mol. The third-order valence-electron chi connectivity index (χ3n) is 2.90. The molecule has 5 heteroatoms. The molecule has 0 bridgehead atoms. The van der Waals surface area contributed by atoms with Crippen LogP contribution < -0.4 is 0 Å². The SMILES string of the molecule is CC(CC(=O)O)N1Cc2cc(Br)ccc2C1=O. The van der Waals surface area contributed by atoms with E-state index in [1.54, 1.807) is 17.9 Å². The van der Waals surface area contributed by atoms with Gasteiger partial charge in [0.15, 0.2) is 0 Å². The van der Waals surface area contributed by atoms with Crippen LogP contribution in [0.3, 0.4) is 0 Å². The van der Waals surface area contributed by atoms with Crippen molar-refractivity contribution in [3.63, 3.8) is 0 Å². The van der Waals surface area contributed by atoms with Crippen molar-refractivity contribution in [2.75, 3.05) is 0 Å². The number of rotatable bonds is 3. The van der Waals surface area contributed by atoms with Gasteiger partial charge in [-0.2, -0.15) is 0 Å². The van der Waals surface area contributed by atoms with Gasteiger partial charge in [0, 0.05) is 22.6 Å². The zero-order valence-corrected chi connectivity index (χ0v) is 10.9. The van der Waals surface area contributed by atoms with E-state index in [-0.39, 0.29) is 18.4 Å². The van der Waals surface area contributed by atoms with Gasteiger partial charge in [0.25, 0.3) is 5.91 Å². The van der Waals surface area contributed by atoms with Crippen LogP contribution in [0, 0.1) is 0 Å². The number of carboxylic acids is 1. The van der Waals surface area contributed by atoms with E-state index in [9.17, 15) is 9.59 Å². The van der Waals surface area contributed by atoms with Gasteiger partial charge in [0.2, 0.25) is 0 Å². The lowest BCUT2D eigenvalue weighted by Gasteiger charge is -2.22. The molecule has 90 valence electrons. The quantitative estimate of drug-likeness (QED) is 0.931. The Morgan fingerprint density at radius 1 is 1.59 bits per heavy atom. The second-order valence-electron chi connectivity index (χ2n) is 4.18. The lowest BCUT2D eigenvalue weighted by atomic mass is 10.1. The minimum atomic E-state index is -0.887. The number of aliphatic carboxylic acids is 1. The third-order valence-corrected chi connectivity index (χ3v) is 3.39. The molecule has 1 N–H and O–H groups in total. The summed E-state index contributed by atoms with van der Waals surface area (Å²) in [4.78, 5) is 24.3. The van der Waals surface area contributed by atoms with E-state index in [4.69, 9.17) is 5.11 Å². The number of carboxylic acid groups (broad SMARTS) is 1. The molecule has 17 heavy (non-hydrogen) atoms. The van der Waals surface area contributed by atoms with Crippen molar-refractivity contribution in [3.05, 3.63) is 33.8 Å². The summed E-state index contributed by atoms with van der Waals surface area (Å²) in [5, 5.41) is 8.75. The van der Waals surface area contributed by atoms with Crippen molar-refractivity contribution < 1.29 is 14.7 Å². The Balaban J connectivity index is 2.22. The standard InChI is InChI=1S/C12H12BrNO3/c1-7(4-11(15)16)14-6-8-5-9(13)2-3-10(8)12(14)17/h2-3,5,7H,4,6H2,1H3,(H,15,16). The summed E-state index contributed by atoms with van der Waals surface area (Å²) in [7, 11) is 0. The highest BCUT2D eigenvalue weighted by atomic mass is 79.9. The first-order chi connectivity index (χ1) is 7.99. The number of carbonyl (C=O) groups excluding carboxylic acids is 1. The van der Waals surface area contributed by atoms with Crippen molar-refractivity contribution in [2.45, 2.75) is 25.9 Å². The molecular formula is C12H12BrNO3. The molecule has 0 saturated carbocycles. The van der Waals surface area contributed by atoms with Crippen LogP contribution in [0.4, 0.5) is 0 Å².